The van der Waals surface area contributed by atoms with Gasteiger partial charge in [0.25, 0.3) is 11.6 Å². The number of nitrogens with two attached hydrogens (primary N) is 1. The molecule has 0 unspecified atom stereocenters. The highest BCUT2D eigenvalue weighted by molar-refractivity contribution is 5.97. The number of amides is 1. The summed E-state index contributed by atoms with van der Waals surface area (Å²) in [6.07, 6.45) is 0.992. The summed E-state index contributed by atoms with van der Waals surface area (Å²) in [5.41, 5.74) is 4.43. The molecular weight excluding hydrogens is 188 g/mol. The van der Waals surface area contributed by atoms with Gasteiger partial charge in [0.05, 0.1) is 4.92 Å². The van der Waals surface area contributed by atoms with Gasteiger partial charge in [-0.2, -0.15) is 0 Å². The molecule has 1 aromatic heterocycles. The highest BCUT2D eigenvalue weighted by Gasteiger charge is 2.18. The van der Waals surface area contributed by atoms with E-state index in [1.807, 2.05) is 0 Å². The van der Waals surface area contributed by atoms with Crippen LogP contribution in [0.3, 0.4) is 0 Å². The molecule has 1 rings (SSSR count). The van der Waals surface area contributed by atoms with Gasteiger partial charge in [0.2, 0.25) is 0 Å². The predicted octanol–water partition coefficient (Wildman–Crippen LogP) is 0.130. The van der Waals surface area contributed by atoms with Crippen LogP contribution in [0.2, 0.25) is 0 Å². The van der Waals surface area contributed by atoms with Crippen molar-refractivity contribution in [2.45, 2.75) is 0 Å². The number of nitrogens with one attached hydrogen (secondary N) is 1. The maximum Gasteiger partial charge on any atom is 0.300 e. The zero-order chi connectivity index (χ0) is 10.7. The Morgan fingerprint density at radius 2 is 2.36 bits per heavy atom. The maximum atomic E-state index is 10.9. The van der Waals surface area contributed by atoms with Gasteiger partial charge in [-0.3, -0.25) is 14.9 Å². The number of pyridine rings is 1. The monoisotopic (exact) mass is 196 g/mol. The Hall–Kier alpha value is -2.18. The van der Waals surface area contributed by atoms with Gasteiger partial charge in [0.15, 0.2) is 0 Å². The lowest BCUT2D eigenvalue weighted by atomic mass is 10.2. The largest absolute Gasteiger partial charge is 0.373 e. The number of rotatable bonds is 3. The third kappa shape index (κ3) is 1.76. The van der Waals surface area contributed by atoms with Gasteiger partial charge in [0, 0.05) is 13.1 Å². The molecule has 1 amide bonds. The first-order valence-electron chi connectivity index (χ1n) is 3.68. The van der Waals surface area contributed by atoms with Crippen molar-refractivity contribution in [1.82, 2.24) is 4.98 Å². The standard InChI is InChI=1S/C7H8N4O3/c1-9-6-2-4(7(8)12)5(3-10-6)11(13)14/h2-3H,1H3,(H2,8,12)(H,9,10). The van der Waals surface area contributed by atoms with Gasteiger partial charge in [0.1, 0.15) is 17.6 Å². The second-order valence-electron chi connectivity index (χ2n) is 2.46. The van der Waals surface area contributed by atoms with Crippen molar-refractivity contribution >= 4 is 17.4 Å². The van der Waals surface area contributed by atoms with Crippen LogP contribution >= 0.6 is 0 Å². The average Bonchev–Trinajstić information content (AvgIpc) is 2.16. The van der Waals surface area contributed by atoms with Crippen molar-refractivity contribution in [1.29, 1.82) is 0 Å². The van der Waals surface area contributed by atoms with E-state index in [9.17, 15) is 14.9 Å². The Labute approximate surface area is 79.1 Å². The van der Waals surface area contributed by atoms with Gasteiger partial charge in [-0.1, -0.05) is 0 Å². The molecule has 7 nitrogen and oxygen atoms in total. The van der Waals surface area contributed by atoms with Crippen LogP contribution in [0.15, 0.2) is 12.3 Å². The van der Waals surface area contributed by atoms with Crippen molar-refractivity contribution < 1.29 is 9.72 Å². The van der Waals surface area contributed by atoms with Crippen LogP contribution in [0.4, 0.5) is 11.5 Å². The van der Waals surface area contributed by atoms with E-state index in [1.165, 1.54) is 6.07 Å². The molecule has 0 radical (unpaired) electrons. The number of carbonyl (C=O) groups excluding carboxylic acids is 1. The molecule has 0 aliphatic carbocycles. The summed E-state index contributed by atoms with van der Waals surface area (Å²) in [4.78, 5) is 24.3. The van der Waals surface area contributed by atoms with E-state index >= 15 is 0 Å². The number of aromatic nitrogens is 1. The van der Waals surface area contributed by atoms with Crippen molar-refractivity contribution in [3.05, 3.63) is 27.9 Å². The molecule has 0 aliphatic rings. The van der Waals surface area contributed by atoms with Crippen LogP contribution in [0, 0.1) is 10.1 Å². The summed E-state index contributed by atoms with van der Waals surface area (Å²) < 4.78 is 0. The molecular formula is C7H8N4O3. The van der Waals surface area contributed by atoms with Crippen LogP contribution in [-0.4, -0.2) is 22.9 Å². The molecule has 0 bridgehead atoms. The first-order valence-corrected chi connectivity index (χ1v) is 3.68. The minimum Gasteiger partial charge on any atom is -0.373 e. The van der Waals surface area contributed by atoms with Crippen molar-refractivity contribution in [2.24, 2.45) is 5.73 Å². The van der Waals surface area contributed by atoms with Crippen molar-refractivity contribution in [2.75, 3.05) is 12.4 Å². The summed E-state index contributed by atoms with van der Waals surface area (Å²) >= 11 is 0. The molecule has 14 heavy (non-hydrogen) atoms. The fraction of sp³-hybridized carbons (Fsp3) is 0.143. The smallest absolute Gasteiger partial charge is 0.300 e. The Kier molecular flexibility index (Phi) is 2.61. The van der Waals surface area contributed by atoms with Gasteiger partial charge < -0.3 is 11.1 Å². The molecule has 0 saturated heterocycles. The van der Waals surface area contributed by atoms with Crippen LogP contribution in [-0.2, 0) is 0 Å². The molecule has 0 aromatic carbocycles. The molecule has 1 heterocycles. The molecule has 0 fully saturated rings. The van der Waals surface area contributed by atoms with E-state index < -0.39 is 16.5 Å². The summed E-state index contributed by atoms with van der Waals surface area (Å²) in [6.45, 7) is 0. The number of hydrogen-bond donors (Lipinski definition) is 2. The van der Waals surface area contributed by atoms with Gasteiger partial charge in [-0.15, -0.1) is 0 Å². The molecule has 1 aromatic rings. The average molecular weight is 196 g/mol. The van der Waals surface area contributed by atoms with E-state index in [2.05, 4.69) is 10.3 Å². The quantitative estimate of drug-likeness (QED) is 0.527. The highest BCUT2D eigenvalue weighted by Crippen LogP contribution is 2.19. The SMILES string of the molecule is CNc1cc(C(N)=O)c([N+](=O)[O-])cn1. The lowest BCUT2D eigenvalue weighted by molar-refractivity contribution is -0.385. The second-order valence-corrected chi connectivity index (χ2v) is 2.46. The van der Waals surface area contributed by atoms with E-state index in [0.29, 0.717) is 5.82 Å². The topological polar surface area (TPSA) is 111 Å². The molecule has 7 heteroatoms. The van der Waals surface area contributed by atoms with Crippen LogP contribution < -0.4 is 11.1 Å². The summed E-state index contributed by atoms with van der Waals surface area (Å²) in [6, 6.07) is 1.24. The Balaban J connectivity index is 3.31. The van der Waals surface area contributed by atoms with Crippen molar-refractivity contribution in [3.8, 4) is 0 Å². The first-order chi connectivity index (χ1) is 6.56. The van der Waals surface area contributed by atoms with Gasteiger partial charge in [-0.05, 0) is 0 Å². The van der Waals surface area contributed by atoms with Crippen LogP contribution in [0.1, 0.15) is 10.4 Å². The highest BCUT2D eigenvalue weighted by atomic mass is 16.6. The summed E-state index contributed by atoms with van der Waals surface area (Å²) in [5.74, 6) is -0.500. The van der Waals surface area contributed by atoms with Gasteiger partial charge >= 0.3 is 0 Å². The maximum absolute atomic E-state index is 10.9. The fourth-order valence-corrected chi connectivity index (χ4v) is 0.928. The molecule has 0 spiro atoms. The third-order valence-electron chi connectivity index (χ3n) is 1.60. The predicted molar refractivity (Wildman–Crippen MR) is 49.0 cm³/mol. The lowest BCUT2D eigenvalue weighted by Gasteiger charge is -2.01. The first kappa shape index (κ1) is 9.90. The van der Waals surface area contributed by atoms with Crippen molar-refractivity contribution in [3.63, 3.8) is 0 Å². The van der Waals surface area contributed by atoms with Gasteiger partial charge in [-0.25, -0.2) is 4.98 Å². The second kappa shape index (κ2) is 3.69. The fourth-order valence-electron chi connectivity index (χ4n) is 0.928. The molecule has 0 aliphatic heterocycles. The number of nitro groups is 1. The van der Waals surface area contributed by atoms with E-state index in [0.717, 1.165) is 6.20 Å². The van der Waals surface area contributed by atoms with E-state index in [-0.39, 0.29) is 5.56 Å². The van der Waals surface area contributed by atoms with E-state index in [1.54, 1.807) is 7.05 Å². The number of carbonyl (C=O) groups is 1. The zero-order valence-corrected chi connectivity index (χ0v) is 7.35. The Morgan fingerprint density at radius 3 is 2.79 bits per heavy atom. The molecule has 0 atom stereocenters. The molecule has 74 valence electrons. The van der Waals surface area contributed by atoms with Crippen LogP contribution in [0.25, 0.3) is 0 Å². The Morgan fingerprint density at radius 1 is 1.71 bits per heavy atom. The third-order valence-corrected chi connectivity index (χ3v) is 1.60. The minimum absolute atomic E-state index is 0.158. The lowest BCUT2D eigenvalue weighted by Crippen LogP contribution is -2.14. The number of hydrogen-bond acceptors (Lipinski definition) is 5. The van der Waals surface area contributed by atoms with Crippen LogP contribution in [0.5, 0.6) is 0 Å². The number of nitrogens with zero attached hydrogens (tertiary/aromatic N) is 2. The summed E-state index contributed by atoms with van der Waals surface area (Å²) in [5, 5.41) is 13.1. The normalized spacial score (nSPS) is 9.50. The number of primary amides is 1. The Bertz CT molecular complexity index is 391. The minimum atomic E-state index is -0.851. The molecule has 3 N–H and O–H groups in total. The zero-order valence-electron chi connectivity index (χ0n) is 7.35. The molecule has 0 saturated carbocycles. The summed E-state index contributed by atoms with van der Waals surface area (Å²) in [7, 11) is 1.58. The van der Waals surface area contributed by atoms with E-state index in [4.69, 9.17) is 5.73 Å². The number of anilines is 1.